The van der Waals surface area contributed by atoms with Crippen molar-refractivity contribution in [3.8, 4) is 0 Å². The molecule has 1 N–H and O–H groups in total. The average Bonchev–Trinajstić information content (AvgIpc) is 2.69. The number of amides is 1. The Kier molecular flexibility index (Phi) is 4.00. The Hall–Kier alpha value is -2.10. The van der Waals surface area contributed by atoms with Crippen molar-refractivity contribution >= 4 is 11.6 Å². The molecule has 100 valence electrons. The summed E-state index contributed by atoms with van der Waals surface area (Å²) < 4.78 is 2.02. The molecule has 1 amide bonds. The summed E-state index contributed by atoms with van der Waals surface area (Å²) in [6.45, 7) is 6.47. The first-order valence-electron chi connectivity index (χ1n) is 6.41. The van der Waals surface area contributed by atoms with Crippen LogP contribution in [0.1, 0.15) is 25.1 Å². The van der Waals surface area contributed by atoms with Crippen LogP contribution in [0.5, 0.6) is 0 Å². The van der Waals surface area contributed by atoms with Crippen LogP contribution in [0.25, 0.3) is 5.65 Å². The molecule has 0 aliphatic rings. The van der Waals surface area contributed by atoms with Gasteiger partial charge in [0.15, 0.2) is 0 Å². The van der Waals surface area contributed by atoms with Gasteiger partial charge in [-0.3, -0.25) is 4.79 Å². The third-order valence-electron chi connectivity index (χ3n) is 2.75. The van der Waals surface area contributed by atoms with Gasteiger partial charge < -0.3 is 9.72 Å². The van der Waals surface area contributed by atoms with Crippen molar-refractivity contribution in [2.24, 2.45) is 0 Å². The number of aryl methyl sites for hydroxylation is 1. The molecule has 4 heteroatoms. The van der Waals surface area contributed by atoms with Crippen molar-refractivity contribution in [3.63, 3.8) is 0 Å². The monoisotopic (exact) mass is 257 g/mol. The van der Waals surface area contributed by atoms with Gasteiger partial charge in [0, 0.05) is 31.4 Å². The first kappa shape index (κ1) is 13.3. The number of rotatable bonds is 4. The van der Waals surface area contributed by atoms with Crippen LogP contribution in [-0.4, -0.2) is 21.8 Å². The van der Waals surface area contributed by atoms with Gasteiger partial charge in [0.1, 0.15) is 5.65 Å². The second-order valence-corrected chi connectivity index (χ2v) is 4.97. The highest BCUT2D eigenvalue weighted by Gasteiger charge is 2.02. The van der Waals surface area contributed by atoms with E-state index in [0.717, 1.165) is 23.3 Å². The van der Waals surface area contributed by atoms with Gasteiger partial charge in [-0.25, -0.2) is 4.98 Å². The number of nitrogens with one attached hydrogen (secondary N) is 1. The lowest BCUT2D eigenvalue weighted by atomic mass is 10.3. The number of pyridine rings is 1. The average molecular weight is 257 g/mol. The minimum atomic E-state index is -0.0420. The number of fused-ring (bicyclic) bond motifs is 1. The lowest BCUT2D eigenvalue weighted by Crippen LogP contribution is -2.23. The minimum Gasteiger partial charge on any atom is -0.352 e. The maximum Gasteiger partial charge on any atom is 0.243 e. The first-order chi connectivity index (χ1) is 9.04. The zero-order chi connectivity index (χ0) is 13.8. The van der Waals surface area contributed by atoms with E-state index >= 15 is 0 Å². The summed E-state index contributed by atoms with van der Waals surface area (Å²) in [6, 6.07) is 4.04. The maximum atomic E-state index is 11.4. The Morgan fingerprint density at radius 1 is 1.37 bits per heavy atom. The Bertz CT molecular complexity index is 621. The summed E-state index contributed by atoms with van der Waals surface area (Å²) in [7, 11) is 0. The van der Waals surface area contributed by atoms with Crippen LogP contribution in [0, 0.1) is 6.92 Å². The van der Waals surface area contributed by atoms with Crippen LogP contribution in [0.3, 0.4) is 0 Å². The number of hydrogen-bond donors (Lipinski definition) is 1. The molecule has 0 unspecified atom stereocenters. The number of carbonyl (C=O) groups excluding carboxylic acids is 1. The van der Waals surface area contributed by atoms with Gasteiger partial charge in [-0.1, -0.05) is 11.6 Å². The van der Waals surface area contributed by atoms with E-state index in [0.29, 0.717) is 6.54 Å². The number of imidazole rings is 1. The maximum absolute atomic E-state index is 11.4. The van der Waals surface area contributed by atoms with E-state index in [1.54, 1.807) is 6.08 Å². The normalized spacial score (nSPS) is 10.5. The summed E-state index contributed by atoms with van der Waals surface area (Å²) in [5.41, 5.74) is 4.13. The number of hydrogen-bond acceptors (Lipinski definition) is 2. The molecule has 0 aliphatic carbocycles. The molecule has 0 saturated carbocycles. The molecule has 0 bridgehead atoms. The predicted molar refractivity (Wildman–Crippen MR) is 76.1 cm³/mol. The molecule has 0 atom stereocenters. The van der Waals surface area contributed by atoms with E-state index in [1.807, 2.05) is 42.8 Å². The second-order valence-electron chi connectivity index (χ2n) is 4.97. The molecule has 19 heavy (non-hydrogen) atoms. The highest BCUT2D eigenvalue weighted by molar-refractivity contribution is 5.87. The van der Waals surface area contributed by atoms with Gasteiger partial charge in [-0.2, -0.15) is 0 Å². The smallest absolute Gasteiger partial charge is 0.243 e. The predicted octanol–water partition coefficient (Wildman–Crippen LogP) is 2.27. The van der Waals surface area contributed by atoms with Gasteiger partial charge in [-0.05, 0) is 32.4 Å². The van der Waals surface area contributed by atoms with Crippen molar-refractivity contribution in [1.29, 1.82) is 0 Å². The third kappa shape index (κ3) is 3.68. The molecular formula is C15H19N3O. The quantitative estimate of drug-likeness (QED) is 0.854. The molecule has 2 heterocycles. The van der Waals surface area contributed by atoms with E-state index < -0.39 is 0 Å². The molecule has 2 aromatic rings. The highest BCUT2D eigenvalue weighted by Crippen LogP contribution is 2.07. The fourth-order valence-electron chi connectivity index (χ4n) is 1.90. The summed E-state index contributed by atoms with van der Waals surface area (Å²) in [5.74, 6) is -0.0420. The molecule has 0 radical (unpaired) electrons. The van der Waals surface area contributed by atoms with Crippen LogP contribution in [-0.2, 0) is 11.2 Å². The molecule has 2 rings (SSSR count). The first-order valence-corrected chi connectivity index (χ1v) is 6.41. The number of allylic oxidation sites excluding steroid dienone is 1. The Morgan fingerprint density at radius 3 is 2.89 bits per heavy atom. The van der Waals surface area contributed by atoms with Crippen molar-refractivity contribution in [1.82, 2.24) is 14.7 Å². The van der Waals surface area contributed by atoms with Gasteiger partial charge in [0.05, 0.1) is 5.69 Å². The van der Waals surface area contributed by atoms with Crippen molar-refractivity contribution in [3.05, 3.63) is 47.4 Å². The van der Waals surface area contributed by atoms with E-state index in [2.05, 4.69) is 17.2 Å². The summed E-state index contributed by atoms with van der Waals surface area (Å²) in [5, 5.41) is 2.85. The molecule has 0 spiro atoms. The highest BCUT2D eigenvalue weighted by atomic mass is 16.1. The molecular weight excluding hydrogens is 238 g/mol. The topological polar surface area (TPSA) is 46.4 Å². The van der Waals surface area contributed by atoms with E-state index in [-0.39, 0.29) is 5.91 Å². The van der Waals surface area contributed by atoms with Crippen LogP contribution in [0.2, 0.25) is 0 Å². The third-order valence-corrected chi connectivity index (χ3v) is 2.75. The van der Waals surface area contributed by atoms with Crippen LogP contribution >= 0.6 is 0 Å². The van der Waals surface area contributed by atoms with Crippen LogP contribution in [0.4, 0.5) is 0 Å². The van der Waals surface area contributed by atoms with Gasteiger partial charge in [-0.15, -0.1) is 0 Å². The van der Waals surface area contributed by atoms with Gasteiger partial charge in [0.25, 0.3) is 0 Å². The fraction of sp³-hybridized carbons (Fsp3) is 0.333. The number of nitrogens with zero attached hydrogens (tertiary/aromatic N) is 2. The molecule has 0 saturated heterocycles. The SMILES string of the molecule is CC(C)=CC(=O)NCCc1cn2cc(C)ccc2n1. The number of carbonyl (C=O) groups is 1. The van der Waals surface area contributed by atoms with Gasteiger partial charge in [0.2, 0.25) is 5.91 Å². The Labute approximate surface area is 113 Å². The summed E-state index contributed by atoms with van der Waals surface area (Å²) in [4.78, 5) is 16.0. The van der Waals surface area contributed by atoms with Crippen molar-refractivity contribution < 1.29 is 4.79 Å². The van der Waals surface area contributed by atoms with Crippen LogP contribution in [0.15, 0.2) is 36.2 Å². The lowest BCUT2D eigenvalue weighted by Gasteiger charge is -2.00. The molecule has 4 nitrogen and oxygen atoms in total. The fourth-order valence-corrected chi connectivity index (χ4v) is 1.90. The summed E-state index contributed by atoms with van der Waals surface area (Å²) >= 11 is 0. The van der Waals surface area contributed by atoms with E-state index in [1.165, 1.54) is 5.56 Å². The zero-order valence-corrected chi connectivity index (χ0v) is 11.6. The molecule has 2 aromatic heterocycles. The van der Waals surface area contributed by atoms with E-state index in [4.69, 9.17) is 0 Å². The van der Waals surface area contributed by atoms with Crippen molar-refractivity contribution in [2.45, 2.75) is 27.2 Å². The Balaban J connectivity index is 1.95. The summed E-state index contributed by atoms with van der Waals surface area (Å²) in [6.07, 6.45) is 6.40. The molecule has 0 aromatic carbocycles. The number of aromatic nitrogens is 2. The van der Waals surface area contributed by atoms with Crippen LogP contribution < -0.4 is 5.32 Å². The lowest BCUT2D eigenvalue weighted by molar-refractivity contribution is -0.116. The van der Waals surface area contributed by atoms with Crippen molar-refractivity contribution in [2.75, 3.05) is 6.54 Å². The van der Waals surface area contributed by atoms with Gasteiger partial charge >= 0.3 is 0 Å². The minimum absolute atomic E-state index is 0.0420. The van der Waals surface area contributed by atoms with E-state index in [9.17, 15) is 4.79 Å². The largest absolute Gasteiger partial charge is 0.352 e. The second kappa shape index (κ2) is 5.69. The Morgan fingerprint density at radius 2 is 2.16 bits per heavy atom. The molecule has 0 fully saturated rings. The molecule has 0 aliphatic heterocycles. The standard InChI is InChI=1S/C15H19N3O/c1-11(2)8-15(19)16-7-6-13-10-18-9-12(3)4-5-14(18)17-13/h4-5,8-10H,6-7H2,1-3H3,(H,16,19). The zero-order valence-electron chi connectivity index (χ0n) is 11.6.